The molecule has 0 spiro atoms. The molecular formula is C20H28N2O4. The number of amides is 2. The molecule has 26 heavy (non-hydrogen) atoms. The third-order valence-corrected chi connectivity index (χ3v) is 5.11. The van der Waals surface area contributed by atoms with Crippen LogP contribution >= 0.6 is 0 Å². The minimum Gasteiger partial charge on any atom is -0.478 e. The first-order chi connectivity index (χ1) is 12.5. The first-order valence-corrected chi connectivity index (χ1v) is 9.35. The molecule has 1 aliphatic heterocycles. The molecule has 1 aliphatic rings. The first-order valence-electron chi connectivity index (χ1n) is 9.35. The number of benzene rings is 1. The smallest absolute Gasteiger partial charge is 0.335 e. The highest BCUT2D eigenvalue weighted by molar-refractivity contribution is 5.91. The molecule has 1 fully saturated rings. The Hall–Kier alpha value is -2.37. The molecule has 0 bridgehead atoms. The maximum Gasteiger partial charge on any atom is 0.335 e. The molecule has 142 valence electrons. The highest BCUT2D eigenvalue weighted by atomic mass is 16.4. The molecule has 2 rings (SSSR count). The van der Waals surface area contributed by atoms with Crippen molar-refractivity contribution in [3.05, 3.63) is 35.4 Å². The maximum atomic E-state index is 12.4. The van der Waals surface area contributed by atoms with Crippen molar-refractivity contribution in [3.63, 3.8) is 0 Å². The Morgan fingerprint density at radius 3 is 2.35 bits per heavy atom. The lowest BCUT2D eigenvalue weighted by Gasteiger charge is -2.34. The SMILES string of the molecule is CCC(CC)C(=O)N1CCC(NC(=O)Cc2ccccc2C(=O)O)CC1. The van der Waals surface area contributed by atoms with Crippen LogP contribution < -0.4 is 5.32 Å². The minimum absolute atomic E-state index is 0.0326. The second kappa shape index (κ2) is 9.36. The molecule has 0 saturated carbocycles. The first kappa shape index (κ1) is 19.9. The molecule has 0 radical (unpaired) electrons. The maximum absolute atomic E-state index is 12.4. The molecule has 0 atom stereocenters. The molecule has 1 aromatic rings. The van der Waals surface area contributed by atoms with E-state index in [-0.39, 0.29) is 35.8 Å². The van der Waals surface area contributed by atoms with Gasteiger partial charge in [-0.2, -0.15) is 0 Å². The van der Waals surface area contributed by atoms with Crippen molar-refractivity contribution in [2.75, 3.05) is 13.1 Å². The summed E-state index contributed by atoms with van der Waals surface area (Å²) in [7, 11) is 0. The third kappa shape index (κ3) is 5.07. The summed E-state index contributed by atoms with van der Waals surface area (Å²) < 4.78 is 0. The van der Waals surface area contributed by atoms with Gasteiger partial charge in [0.2, 0.25) is 11.8 Å². The molecule has 1 aromatic carbocycles. The second-order valence-corrected chi connectivity index (χ2v) is 6.82. The van der Waals surface area contributed by atoms with Gasteiger partial charge in [-0.15, -0.1) is 0 Å². The van der Waals surface area contributed by atoms with Gasteiger partial charge in [0, 0.05) is 25.0 Å². The Labute approximate surface area is 154 Å². The Kier molecular flexibility index (Phi) is 7.18. The molecule has 1 saturated heterocycles. The van der Waals surface area contributed by atoms with E-state index in [1.165, 1.54) is 6.07 Å². The molecule has 0 aromatic heterocycles. The van der Waals surface area contributed by atoms with Gasteiger partial charge in [0.15, 0.2) is 0 Å². The molecule has 6 nitrogen and oxygen atoms in total. The van der Waals surface area contributed by atoms with Gasteiger partial charge in [-0.1, -0.05) is 32.0 Å². The summed E-state index contributed by atoms with van der Waals surface area (Å²) >= 11 is 0. The zero-order chi connectivity index (χ0) is 19.1. The molecule has 6 heteroatoms. The van der Waals surface area contributed by atoms with Crippen molar-refractivity contribution in [2.45, 2.75) is 52.0 Å². The average molecular weight is 360 g/mol. The van der Waals surface area contributed by atoms with E-state index in [1.54, 1.807) is 18.2 Å². The van der Waals surface area contributed by atoms with Crippen LogP contribution in [-0.2, 0) is 16.0 Å². The number of hydrogen-bond acceptors (Lipinski definition) is 3. The molecule has 0 unspecified atom stereocenters. The second-order valence-electron chi connectivity index (χ2n) is 6.82. The van der Waals surface area contributed by atoms with Crippen LogP contribution in [0.2, 0.25) is 0 Å². The lowest BCUT2D eigenvalue weighted by Crippen LogP contribution is -2.48. The Bertz CT molecular complexity index is 647. The van der Waals surface area contributed by atoms with Gasteiger partial charge < -0.3 is 15.3 Å². The highest BCUT2D eigenvalue weighted by Crippen LogP contribution is 2.17. The number of nitrogens with zero attached hydrogens (tertiary/aromatic N) is 1. The number of piperidine rings is 1. The van der Waals surface area contributed by atoms with E-state index in [0.29, 0.717) is 18.7 Å². The van der Waals surface area contributed by atoms with Crippen molar-refractivity contribution in [1.29, 1.82) is 0 Å². The Morgan fingerprint density at radius 1 is 1.15 bits per heavy atom. The quantitative estimate of drug-likeness (QED) is 0.782. The lowest BCUT2D eigenvalue weighted by molar-refractivity contribution is -0.137. The number of rotatable bonds is 7. The minimum atomic E-state index is -1.03. The van der Waals surface area contributed by atoms with Crippen LogP contribution in [0.3, 0.4) is 0 Å². The summed E-state index contributed by atoms with van der Waals surface area (Å²) in [6, 6.07) is 6.59. The number of carboxylic acid groups (broad SMARTS) is 1. The van der Waals surface area contributed by atoms with E-state index in [4.69, 9.17) is 0 Å². The van der Waals surface area contributed by atoms with E-state index < -0.39 is 5.97 Å². The largest absolute Gasteiger partial charge is 0.478 e. The van der Waals surface area contributed by atoms with Crippen molar-refractivity contribution in [1.82, 2.24) is 10.2 Å². The van der Waals surface area contributed by atoms with Crippen LogP contribution in [0.4, 0.5) is 0 Å². The van der Waals surface area contributed by atoms with Gasteiger partial charge in [-0.25, -0.2) is 4.79 Å². The number of likely N-dealkylation sites (tertiary alicyclic amines) is 1. The van der Waals surface area contributed by atoms with Crippen LogP contribution in [-0.4, -0.2) is 46.9 Å². The van der Waals surface area contributed by atoms with Crippen LogP contribution in [0, 0.1) is 5.92 Å². The normalized spacial score (nSPS) is 15.1. The summed E-state index contributed by atoms with van der Waals surface area (Å²) in [6.07, 6.45) is 3.23. The van der Waals surface area contributed by atoms with E-state index in [0.717, 1.165) is 25.7 Å². The topological polar surface area (TPSA) is 86.7 Å². The molecule has 0 aliphatic carbocycles. The van der Waals surface area contributed by atoms with Crippen molar-refractivity contribution < 1.29 is 19.5 Å². The number of carbonyl (C=O) groups is 3. The number of carbonyl (C=O) groups excluding carboxylic acids is 2. The average Bonchev–Trinajstić information content (AvgIpc) is 2.63. The van der Waals surface area contributed by atoms with Crippen molar-refractivity contribution in [2.24, 2.45) is 5.92 Å². The van der Waals surface area contributed by atoms with Crippen molar-refractivity contribution >= 4 is 17.8 Å². The number of nitrogens with one attached hydrogen (secondary N) is 1. The third-order valence-electron chi connectivity index (χ3n) is 5.11. The monoisotopic (exact) mass is 360 g/mol. The molecular weight excluding hydrogens is 332 g/mol. The summed E-state index contributed by atoms with van der Waals surface area (Å²) in [6.45, 7) is 5.39. The van der Waals surface area contributed by atoms with Gasteiger partial charge in [0.05, 0.1) is 12.0 Å². The van der Waals surface area contributed by atoms with Crippen LogP contribution in [0.25, 0.3) is 0 Å². The van der Waals surface area contributed by atoms with Crippen LogP contribution in [0.15, 0.2) is 24.3 Å². The Balaban J connectivity index is 1.85. The predicted molar refractivity (Wildman–Crippen MR) is 98.9 cm³/mol. The van der Waals surface area contributed by atoms with Crippen LogP contribution in [0.1, 0.15) is 55.5 Å². The number of carboxylic acids is 1. The van der Waals surface area contributed by atoms with Gasteiger partial charge >= 0.3 is 5.97 Å². The van der Waals surface area contributed by atoms with Crippen LogP contribution in [0.5, 0.6) is 0 Å². The molecule has 2 amide bonds. The molecule has 1 heterocycles. The van der Waals surface area contributed by atoms with E-state index in [9.17, 15) is 19.5 Å². The fraction of sp³-hybridized carbons (Fsp3) is 0.550. The fourth-order valence-electron chi connectivity index (χ4n) is 3.48. The zero-order valence-corrected chi connectivity index (χ0v) is 15.5. The van der Waals surface area contributed by atoms with Gasteiger partial charge in [0.25, 0.3) is 0 Å². The standard InChI is InChI=1S/C20H28N2O4/c1-3-14(4-2)19(24)22-11-9-16(10-12-22)21-18(23)13-15-7-5-6-8-17(15)20(25)26/h5-8,14,16H,3-4,9-13H2,1-2H3,(H,21,23)(H,25,26). The fourth-order valence-corrected chi connectivity index (χ4v) is 3.48. The van der Waals surface area contributed by atoms with Gasteiger partial charge in [-0.05, 0) is 37.3 Å². The van der Waals surface area contributed by atoms with E-state index >= 15 is 0 Å². The summed E-state index contributed by atoms with van der Waals surface area (Å²) in [5.41, 5.74) is 0.673. The Morgan fingerprint density at radius 2 is 1.77 bits per heavy atom. The van der Waals surface area contributed by atoms with Gasteiger partial charge in [-0.3, -0.25) is 9.59 Å². The summed E-state index contributed by atoms with van der Waals surface area (Å²) in [5, 5.41) is 12.2. The highest BCUT2D eigenvalue weighted by Gasteiger charge is 2.27. The van der Waals surface area contributed by atoms with Gasteiger partial charge in [0.1, 0.15) is 0 Å². The zero-order valence-electron chi connectivity index (χ0n) is 15.5. The number of aromatic carboxylic acids is 1. The van der Waals surface area contributed by atoms with E-state index in [2.05, 4.69) is 5.32 Å². The molecule has 2 N–H and O–H groups in total. The summed E-state index contributed by atoms with van der Waals surface area (Å²) in [5.74, 6) is -0.895. The van der Waals surface area contributed by atoms with E-state index in [1.807, 2.05) is 18.7 Å². The predicted octanol–water partition coefficient (Wildman–Crippen LogP) is 2.47. The van der Waals surface area contributed by atoms with Crippen molar-refractivity contribution in [3.8, 4) is 0 Å². The number of hydrogen-bond donors (Lipinski definition) is 2. The lowest BCUT2D eigenvalue weighted by atomic mass is 9.98. The summed E-state index contributed by atoms with van der Waals surface area (Å²) in [4.78, 5) is 37.8.